The van der Waals surface area contributed by atoms with E-state index in [1.807, 2.05) is 0 Å². The minimum absolute atomic E-state index is 0.749. The van der Waals surface area contributed by atoms with Crippen LogP contribution < -0.4 is 5.32 Å². The van der Waals surface area contributed by atoms with Gasteiger partial charge in [0, 0.05) is 25.6 Å². The fourth-order valence-corrected chi connectivity index (χ4v) is 1.59. The van der Waals surface area contributed by atoms with E-state index in [0.29, 0.717) is 0 Å². The van der Waals surface area contributed by atoms with Crippen molar-refractivity contribution < 1.29 is 4.74 Å². The summed E-state index contributed by atoms with van der Waals surface area (Å²) in [6.45, 7) is 3.10. The van der Waals surface area contributed by atoms with Crippen molar-refractivity contribution in [3.8, 4) is 0 Å². The van der Waals surface area contributed by atoms with Gasteiger partial charge in [0.2, 0.25) is 0 Å². The van der Waals surface area contributed by atoms with Gasteiger partial charge in [-0.05, 0) is 12.8 Å². The van der Waals surface area contributed by atoms with Gasteiger partial charge in [0.1, 0.15) is 6.10 Å². The average Bonchev–Trinajstić information content (AvgIpc) is 2.33. The molecule has 1 radical (unpaired) electrons. The highest BCUT2D eigenvalue weighted by Crippen LogP contribution is 2.28. The van der Waals surface area contributed by atoms with E-state index in [4.69, 9.17) is 4.74 Å². The van der Waals surface area contributed by atoms with Crippen molar-refractivity contribution >= 4 is 0 Å². The highest BCUT2D eigenvalue weighted by molar-refractivity contribution is 4.98. The number of nitrogens with one attached hydrogen (secondary N) is 1. The zero-order chi connectivity index (χ0) is 6.10. The van der Waals surface area contributed by atoms with Crippen molar-refractivity contribution in [1.82, 2.24) is 5.32 Å². The normalized spacial score (nSPS) is 36.7. The molecule has 2 rings (SSSR count). The molecule has 0 saturated carbocycles. The summed E-state index contributed by atoms with van der Waals surface area (Å²) in [4.78, 5) is 0. The van der Waals surface area contributed by atoms with E-state index >= 15 is 0 Å². The molecular weight excluding hydrogens is 114 g/mol. The summed E-state index contributed by atoms with van der Waals surface area (Å²) in [7, 11) is 0. The maximum atomic E-state index is 5.46. The van der Waals surface area contributed by atoms with Gasteiger partial charge in [0.15, 0.2) is 0 Å². The maximum Gasteiger partial charge on any atom is 0.115 e. The largest absolute Gasteiger partial charge is 0.370 e. The summed E-state index contributed by atoms with van der Waals surface area (Å²) in [5.74, 6) is 0.749. The summed E-state index contributed by atoms with van der Waals surface area (Å²) in [5, 5.41) is 3.30. The van der Waals surface area contributed by atoms with E-state index in [2.05, 4.69) is 5.32 Å². The third-order valence-electron chi connectivity index (χ3n) is 2.13. The average molecular weight is 126 g/mol. The lowest BCUT2D eigenvalue weighted by Crippen LogP contribution is -2.20. The molecule has 0 aliphatic carbocycles. The van der Waals surface area contributed by atoms with Crippen LogP contribution in [-0.2, 0) is 4.74 Å². The van der Waals surface area contributed by atoms with E-state index in [1.165, 1.54) is 18.9 Å². The minimum Gasteiger partial charge on any atom is -0.370 e. The molecule has 2 heteroatoms. The van der Waals surface area contributed by atoms with E-state index in [-0.39, 0.29) is 0 Å². The van der Waals surface area contributed by atoms with Crippen LogP contribution >= 0.6 is 0 Å². The van der Waals surface area contributed by atoms with Crippen LogP contribution in [0.25, 0.3) is 0 Å². The maximum absolute atomic E-state index is 5.46. The van der Waals surface area contributed by atoms with Gasteiger partial charge in [0.25, 0.3) is 0 Å². The lowest BCUT2D eigenvalue weighted by atomic mass is 9.98. The van der Waals surface area contributed by atoms with Crippen LogP contribution in [0.15, 0.2) is 0 Å². The van der Waals surface area contributed by atoms with Gasteiger partial charge in [-0.3, -0.25) is 0 Å². The third-order valence-corrected chi connectivity index (χ3v) is 2.13. The smallest absolute Gasteiger partial charge is 0.115 e. The van der Waals surface area contributed by atoms with Crippen molar-refractivity contribution in [2.24, 2.45) is 5.92 Å². The van der Waals surface area contributed by atoms with Crippen molar-refractivity contribution in [3.63, 3.8) is 0 Å². The standard InChI is InChI=1S/C7H12NO/c1-2-6-4-8-5-7(6)9-3-1/h6,8H,1-5H2. The minimum atomic E-state index is 0.749. The van der Waals surface area contributed by atoms with Gasteiger partial charge >= 0.3 is 0 Å². The van der Waals surface area contributed by atoms with E-state index in [1.54, 1.807) is 0 Å². The highest BCUT2D eigenvalue weighted by atomic mass is 16.5. The van der Waals surface area contributed by atoms with Crippen molar-refractivity contribution in [2.75, 3.05) is 19.7 Å². The number of fused-ring (bicyclic) bond motifs is 1. The summed E-state index contributed by atoms with van der Waals surface area (Å²) >= 11 is 0. The third kappa shape index (κ3) is 0.970. The fraction of sp³-hybridized carbons (Fsp3) is 0.857. The molecular formula is C7H12NO. The zero-order valence-electron chi connectivity index (χ0n) is 5.52. The second-order valence-corrected chi connectivity index (χ2v) is 2.78. The number of rotatable bonds is 0. The first-order valence-corrected chi connectivity index (χ1v) is 3.66. The summed E-state index contributed by atoms with van der Waals surface area (Å²) in [6.07, 6.45) is 3.89. The molecule has 0 amide bonds. The number of hydrogen-bond donors (Lipinski definition) is 1. The Hall–Kier alpha value is -0.0800. The molecule has 0 aromatic heterocycles. The fourth-order valence-electron chi connectivity index (χ4n) is 1.59. The van der Waals surface area contributed by atoms with Gasteiger partial charge in [0.05, 0.1) is 0 Å². The first kappa shape index (κ1) is 5.69. The first-order valence-electron chi connectivity index (χ1n) is 3.66. The van der Waals surface area contributed by atoms with Gasteiger partial charge in [-0.1, -0.05) is 0 Å². The van der Waals surface area contributed by atoms with E-state index < -0.39 is 0 Å². The Kier molecular flexibility index (Phi) is 1.44. The van der Waals surface area contributed by atoms with Gasteiger partial charge in [-0.25, -0.2) is 0 Å². The Labute approximate surface area is 55.6 Å². The molecule has 2 fully saturated rings. The number of hydrogen-bond acceptors (Lipinski definition) is 2. The van der Waals surface area contributed by atoms with Crippen LogP contribution in [0.1, 0.15) is 12.8 Å². The monoisotopic (exact) mass is 126 g/mol. The molecule has 2 aliphatic rings. The number of ether oxygens (including phenoxy) is 1. The predicted octanol–water partition coefficient (Wildman–Crippen LogP) is 0.548. The SMILES string of the molecule is C1CO[C]2CNCC2C1. The van der Waals surface area contributed by atoms with Gasteiger partial charge in [-0.2, -0.15) is 0 Å². The highest BCUT2D eigenvalue weighted by Gasteiger charge is 2.30. The second kappa shape index (κ2) is 2.27. The van der Waals surface area contributed by atoms with Crippen LogP contribution in [0.3, 0.4) is 0 Å². The molecule has 2 aliphatic heterocycles. The van der Waals surface area contributed by atoms with Crippen molar-refractivity contribution in [3.05, 3.63) is 6.10 Å². The van der Waals surface area contributed by atoms with Gasteiger partial charge in [-0.15, -0.1) is 0 Å². The van der Waals surface area contributed by atoms with Gasteiger partial charge < -0.3 is 10.1 Å². The Morgan fingerprint density at radius 2 is 2.56 bits per heavy atom. The molecule has 1 N–H and O–H groups in total. The molecule has 0 aromatic carbocycles. The van der Waals surface area contributed by atoms with Crippen molar-refractivity contribution in [2.45, 2.75) is 12.8 Å². The molecule has 0 spiro atoms. The summed E-state index contributed by atoms with van der Waals surface area (Å²) < 4.78 is 5.46. The molecule has 2 nitrogen and oxygen atoms in total. The van der Waals surface area contributed by atoms with E-state index in [9.17, 15) is 0 Å². The van der Waals surface area contributed by atoms with E-state index in [0.717, 1.165) is 25.6 Å². The van der Waals surface area contributed by atoms with Crippen molar-refractivity contribution in [1.29, 1.82) is 0 Å². The van der Waals surface area contributed by atoms with Crippen LogP contribution in [0.2, 0.25) is 0 Å². The molecule has 9 heavy (non-hydrogen) atoms. The molecule has 51 valence electrons. The topological polar surface area (TPSA) is 21.3 Å². The van der Waals surface area contributed by atoms with Crippen LogP contribution in [0.5, 0.6) is 0 Å². The predicted molar refractivity (Wildman–Crippen MR) is 34.8 cm³/mol. The molecule has 1 atom stereocenters. The zero-order valence-corrected chi connectivity index (χ0v) is 5.52. The Bertz CT molecular complexity index is 93.1. The van der Waals surface area contributed by atoms with Crippen LogP contribution in [-0.4, -0.2) is 19.7 Å². The lowest BCUT2D eigenvalue weighted by molar-refractivity contribution is 0.0809. The molecule has 0 aromatic rings. The summed E-state index contributed by atoms with van der Waals surface area (Å²) in [5.41, 5.74) is 0. The quantitative estimate of drug-likeness (QED) is 0.511. The first-order chi connectivity index (χ1) is 4.47. The molecule has 2 saturated heterocycles. The molecule has 0 bridgehead atoms. The molecule has 2 heterocycles. The Morgan fingerprint density at radius 3 is 3.44 bits per heavy atom. The summed E-state index contributed by atoms with van der Waals surface area (Å²) in [6, 6.07) is 0. The van der Waals surface area contributed by atoms with Crippen LogP contribution in [0, 0.1) is 12.0 Å². The lowest BCUT2D eigenvalue weighted by Gasteiger charge is -2.22. The van der Waals surface area contributed by atoms with Crippen LogP contribution in [0.4, 0.5) is 0 Å². The Balaban J connectivity index is 1.97. The second-order valence-electron chi connectivity index (χ2n) is 2.78. The Morgan fingerprint density at radius 1 is 1.56 bits per heavy atom. The molecule has 1 unspecified atom stereocenters.